The summed E-state index contributed by atoms with van der Waals surface area (Å²) < 4.78 is 40.6. The van der Waals surface area contributed by atoms with Crippen LogP contribution >= 0.6 is 0 Å². The van der Waals surface area contributed by atoms with Crippen LogP contribution in [0.5, 0.6) is 11.5 Å². The van der Waals surface area contributed by atoms with Crippen LogP contribution in [0.4, 0.5) is 4.79 Å². The lowest BCUT2D eigenvalue weighted by Crippen LogP contribution is -2.39. The van der Waals surface area contributed by atoms with E-state index in [2.05, 4.69) is 10.0 Å². The van der Waals surface area contributed by atoms with E-state index in [-0.39, 0.29) is 5.75 Å². The molecule has 122 valence electrons. The average Bonchev–Trinajstić information content (AvgIpc) is 2.70. The number of fused-ring (bicyclic) bond motifs is 1. The molecule has 1 amide bonds. The zero-order valence-corrected chi connectivity index (χ0v) is 13.5. The smallest absolute Gasteiger partial charge is 0.409 e. The molecule has 8 nitrogen and oxygen atoms in total. The molecule has 22 heavy (non-hydrogen) atoms. The molecule has 2 N–H and O–H groups in total. The quantitative estimate of drug-likeness (QED) is 0.849. The minimum atomic E-state index is -3.85. The Morgan fingerprint density at radius 2 is 2.00 bits per heavy atom. The summed E-state index contributed by atoms with van der Waals surface area (Å²) in [7, 11) is -1.15. The van der Waals surface area contributed by atoms with Crippen molar-refractivity contribution in [1.82, 2.24) is 10.0 Å². The van der Waals surface area contributed by atoms with Gasteiger partial charge in [-0.05, 0) is 32.0 Å². The Morgan fingerprint density at radius 3 is 2.59 bits per heavy atom. The zero-order valence-electron chi connectivity index (χ0n) is 12.7. The van der Waals surface area contributed by atoms with Gasteiger partial charge in [-0.3, -0.25) is 0 Å². The third kappa shape index (κ3) is 3.09. The van der Waals surface area contributed by atoms with Gasteiger partial charge in [-0.25, -0.2) is 4.79 Å². The summed E-state index contributed by atoms with van der Waals surface area (Å²) in [6.07, 6.45) is -1.43. The molecule has 2 rings (SSSR count). The van der Waals surface area contributed by atoms with E-state index in [4.69, 9.17) is 13.7 Å². The van der Waals surface area contributed by atoms with Crippen molar-refractivity contribution < 1.29 is 26.9 Å². The van der Waals surface area contributed by atoms with E-state index in [0.717, 1.165) is 0 Å². The highest BCUT2D eigenvalue weighted by molar-refractivity contribution is 7.85. The molecule has 0 saturated heterocycles. The maximum absolute atomic E-state index is 11.4. The molecule has 1 aromatic carbocycles. The summed E-state index contributed by atoms with van der Waals surface area (Å²) in [4.78, 5) is 11.4. The normalized spacial score (nSPS) is 19.0. The number of carbonyl (C=O) groups excluding carboxylic acids is 1. The number of alkyl carbamates (subject to hydrolysis) is 1. The molecule has 0 spiro atoms. The highest BCUT2D eigenvalue weighted by Crippen LogP contribution is 2.44. The van der Waals surface area contributed by atoms with Gasteiger partial charge in [0, 0.05) is 19.7 Å². The standard InChI is InChI=1S/C13H18N2O6S/c1-13(2)9-7-8(21-22(17,18)15-4)5-6-10(9)19-11(13)20-12(16)14-3/h5-7,11,15H,1-4H3,(H,14,16). The van der Waals surface area contributed by atoms with E-state index in [9.17, 15) is 13.2 Å². The van der Waals surface area contributed by atoms with Crippen molar-refractivity contribution in [2.75, 3.05) is 14.1 Å². The van der Waals surface area contributed by atoms with Crippen molar-refractivity contribution in [3.8, 4) is 11.5 Å². The van der Waals surface area contributed by atoms with E-state index in [1.807, 2.05) is 13.8 Å². The SMILES string of the molecule is CNC(=O)OC1Oc2ccc(OS(=O)(=O)NC)cc2C1(C)C. The molecular weight excluding hydrogens is 312 g/mol. The van der Waals surface area contributed by atoms with Crippen molar-refractivity contribution in [1.29, 1.82) is 0 Å². The summed E-state index contributed by atoms with van der Waals surface area (Å²) in [5, 5.41) is 2.35. The van der Waals surface area contributed by atoms with Crippen molar-refractivity contribution in [3.05, 3.63) is 23.8 Å². The second-order valence-corrected chi connectivity index (χ2v) is 6.71. The number of ether oxygens (including phenoxy) is 2. The number of carbonyl (C=O) groups is 1. The van der Waals surface area contributed by atoms with E-state index < -0.39 is 28.1 Å². The monoisotopic (exact) mass is 330 g/mol. The Morgan fingerprint density at radius 1 is 1.32 bits per heavy atom. The molecule has 1 unspecified atom stereocenters. The highest BCUT2D eigenvalue weighted by Gasteiger charge is 2.44. The highest BCUT2D eigenvalue weighted by atomic mass is 32.2. The maximum Gasteiger partial charge on any atom is 0.409 e. The van der Waals surface area contributed by atoms with Crippen molar-refractivity contribution >= 4 is 16.4 Å². The second kappa shape index (κ2) is 5.65. The molecule has 0 aromatic heterocycles. The fourth-order valence-electron chi connectivity index (χ4n) is 2.05. The number of rotatable bonds is 4. The van der Waals surface area contributed by atoms with E-state index in [1.54, 1.807) is 12.1 Å². The number of hydrogen-bond acceptors (Lipinski definition) is 6. The van der Waals surface area contributed by atoms with Gasteiger partial charge in [0.1, 0.15) is 11.5 Å². The molecule has 0 saturated carbocycles. The van der Waals surface area contributed by atoms with Crippen molar-refractivity contribution in [2.45, 2.75) is 25.6 Å². The molecule has 9 heteroatoms. The first-order chi connectivity index (χ1) is 10.2. The first kappa shape index (κ1) is 16.4. The fraction of sp³-hybridized carbons (Fsp3) is 0.462. The average molecular weight is 330 g/mol. The van der Waals surface area contributed by atoms with Crippen molar-refractivity contribution in [2.24, 2.45) is 0 Å². The molecular formula is C13H18N2O6S. The van der Waals surface area contributed by atoms with Gasteiger partial charge >= 0.3 is 16.4 Å². The van der Waals surface area contributed by atoms with Crippen LogP contribution in [0.25, 0.3) is 0 Å². The van der Waals surface area contributed by atoms with Crippen LogP contribution < -0.4 is 19.0 Å². The summed E-state index contributed by atoms with van der Waals surface area (Å²) in [6.45, 7) is 3.64. The maximum atomic E-state index is 11.4. The molecule has 1 aliphatic heterocycles. The Labute approximate surface area is 129 Å². The summed E-state index contributed by atoms with van der Waals surface area (Å²) in [5.41, 5.74) is 0.0233. The Hall–Kier alpha value is -2.00. The van der Waals surface area contributed by atoms with Gasteiger partial charge < -0.3 is 19.0 Å². The van der Waals surface area contributed by atoms with Gasteiger partial charge in [-0.2, -0.15) is 13.1 Å². The van der Waals surface area contributed by atoms with Crippen LogP contribution in [0.1, 0.15) is 19.4 Å². The summed E-state index contributed by atoms with van der Waals surface area (Å²) in [5.74, 6) is 0.651. The van der Waals surface area contributed by atoms with Crippen molar-refractivity contribution in [3.63, 3.8) is 0 Å². The van der Waals surface area contributed by atoms with Crippen LogP contribution in [-0.4, -0.2) is 34.9 Å². The first-order valence-corrected chi connectivity index (χ1v) is 7.93. The molecule has 0 aliphatic carbocycles. The summed E-state index contributed by atoms with van der Waals surface area (Å²) >= 11 is 0. The van der Waals surface area contributed by atoms with Crippen LogP contribution in [0.2, 0.25) is 0 Å². The lowest BCUT2D eigenvalue weighted by molar-refractivity contribution is -0.0558. The largest absolute Gasteiger partial charge is 0.453 e. The predicted octanol–water partition coefficient (Wildman–Crippen LogP) is 0.882. The van der Waals surface area contributed by atoms with Gasteiger partial charge in [0.25, 0.3) is 6.29 Å². The Balaban J connectivity index is 2.29. The summed E-state index contributed by atoms with van der Waals surface area (Å²) in [6, 6.07) is 4.59. The van der Waals surface area contributed by atoms with E-state index in [0.29, 0.717) is 11.3 Å². The van der Waals surface area contributed by atoms with Gasteiger partial charge in [0.15, 0.2) is 0 Å². The third-order valence-corrected chi connectivity index (χ3v) is 4.25. The minimum Gasteiger partial charge on any atom is -0.453 e. The lowest BCUT2D eigenvalue weighted by atomic mass is 9.85. The first-order valence-electron chi connectivity index (χ1n) is 6.52. The predicted molar refractivity (Wildman–Crippen MR) is 78.0 cm³/mol. The van der Waals surface area contributed by atoms with Gasteiger partial charge in [-0.1, -0.05) is 0 Å². The topological polar surface area (TPSA) is 103 Å². The second-order valence-electron chi connectivity index (χ2n) is 5.23. The van der Waals surface area contributed by atoms with Gasteiger partial charge in [0.2, 0.25) is 0 Å². The molecule has 0 fully saturated rings. The van der Waals surface area contributed by atoms with E-state index >= 15 is 0 Å². The molecule has 1 aromatic rings. The third-order valence-electron chi connectivity index (χ3n) is 3.34. The van der Waals surface area contributed by atoms with Gasteiger partial charge in [0.05, 0.1) is 5.41 Å². The van der Waals surface area contributed by atoms with Crippen LogP contribution in [-0.2, 0) is 20.5 Å². The number of amides is 1. The molecule has 1 atom stereocenters. The van der Waals surface area contributed by atoms with Crippen LogP contribution in [0, 0.1) is 0 Å². The fourth-order valence-corrected chi connectivity index (χ4v) is 2.49. The molecule has 0 bridgehead atoms. The number of benzene rings is 1. The molecule has 0 radical (unpaired) electrons. The minimum absolute atomic E-state index is 0.144. The number of hydrogen-bond donors (Lipinski definition) is 2. The van der Waals surface area contributed by atoms with E-state index in [1.165, 1.54) is 20.2 Å². The van der Waals surface area contributed by atoms with Crippen LogP contribution in [0.15, 0.2) is 18.2 Å². The Kier molecular flexibility index (Phi) is 4.21. The molecule has 1 heterocycles. The van der Waals surface area contributed by atoms with Crippen LogP contribution in [0.3, 0.4) is 0 Å². The zero-order chi connectivity index (χ0) is 16.5. The lowest BCUT2D eigenvalue weighted by Gasteiger charge is -2.25. The Bertz CT molecular complexity index is 686. The molecule has 1 aliphatic rings. The van der Waals surface area contributed by atoms with Gasteiger partial charge in [-0.15, -0.1) is 0 Å². The number of nitrogens with one attached hydrogen (secondary N) is 2.